The van der Waals surface area contributed by atoms with E-state index in [2.05, 4.69) is 0 Å². The van der Waals surface area contributed by atoms with E-state index in [-0.39, 0.29) is 17.7 Å². The van der Waals surface area contributed by atoms with Crippen molar-refractivity contribution < 1.29 is 14.0 Å². The van der Waals surface area contributed by atoms with Crippen molar-refractivity contribution in [3.05, 3.63) is 35.1 Å². The Bertz CT molecular complexity index is 530. The van der Waals surface area contributed by atoms with Gasteiger partial charge in [-0.15, -0.1) is 0 Å². The molecular formula is C14H17FN2O2. The van der Waals surface area contributed by atoms with Gasteiger partial charge in [-0.25, -0.2) is 4.39 Å². The number of hydrogen-bond donors (Lipinski definition) is 1. The van der Waals surface area contributed by atoms with Crippen LogP contribution in [0.1, 0.15) is 22.8 Å². The first-order valence-corrected chi connectivity index (χ1v) is 6.25. The number of halogens is 1. The third-order valence-corrected chi connectivity index (χ3v) is 3.70. The van der Waals surface area contributed by atoms with Crippen LogP contribution in [0.2, 0.25) is 0 Å². The second kappa shape index (κ2) is 4.99. The number of benzene rings is 1. The molecular weight excluding hydrogens is 247 g/mol. The molecule has 0 saturated carbocycles. The highest BCUT2D eigenvalue weighted by Gasteiger charge is 2.36. The monoisotopic (exact) mass is 264 g/mol. The zero-order valence-corrected chi connectivity index (χ0v) is 11.0. The van der Waals surface area contributed by atoms with Crippen LogP contribution in [0.15, 0.2) is 18.2 Å². The Balaban J connectivity index is 2.22. The van der Waals surface area contributed by atoms with Crippen LogP contribution in [-0.4, -0.2) is 29.8 Å². The summed E-state index contributed by atoms with van der Waals surface area (Å²) in [4.78, 5) is 25.2. The fraction of sp³-hybridized carbons (Fsp3) is 0.429. The van der Waals surface area contributed by atoms with E-state index in [0.717, 1.165) is 5.56 Å². The number of carbonyl (C=O) groups excluding carboxylic acids is 2. The van der Waals surface area contributed by atoms with Crippen LogP contribution in [0.5, 0.6) is 0 Å². The van der Waals surface area contributed by atoms with Gasteiger partial charge in [-0.05, 0) is 30.5 Å². The first-order chi connectivity index (χ1) is 8.90. The zero-order valence-electron chi connectivity index (χ0n) is 11.0. The van der Waals surface area contributed by atoms with Crippen molar-refractivity contribution in [2.45, 2.75) is 13.8 Å². The predicted molar refractivity (Wildman–Crippen MR) is 68.9 cm³/mol. The normalized spacial score (nSPS) is 22.6. The molecule has 19 heavy (non-hydrogen) atoms. The van der Waals surface area contributed by atoms with Crippen molar-refractivity contribution in [2.75, 3.05) is 13.1 Å². The molecule has 2 amide bonds. The molecule has 2 rings (SSSR count). The van der Waals surface area contributed by atoms with Gasteiger partial charge in [0.05, 0.1) is 5.92 Å². The molecule has 1 aromatic rings. The number of nitrogens with two attached hydrogens (primary N) is 1. The lowest BCUT2D eigenvalue weighted by molar-refractivity contribution is -0.122. The van der Waals surface area contributed by atoms with Crippen LogP contribution in [0.25, 0.3) is 0 Å². The first kappa shape index (κ1) is 13.5. The van der Waals surface area contributed by atoms with E-state index in [4.69, 9.17) is 5.73 Å². The van der Waals surface area contributed by atoms with Crippen molar-refractivity contribution in [3.63, 3.8) is 0 Å². The maximum absolute atomic E-state index is 13.2. The van der Waals surface area contributed by atoms with Crippen molar-refractivity contribution >= 4 is 11.8 Å². The highest BCUT2D eigenvalue weighted by atomic mass is 19.1. The largest absolute Gasteiger partial charge is 0.369 e. The van der Waals surface area contributed by atoms with E-state index in [9.17, 15) is 14.0 Å². The highest BCUT2D eigenvalue weighted by Crippen LogP contribution is 2.25. The Hall–Kier alpha value is -1.91. The smallest absolute Gasteiger partial charge is 0.254 e. The fourth-order valence-electron chi connectivity index (χ4n) is 2.50. The number of aryl methyl sites for hydroxylation is 1. The number of likely N-dealkylation sites (tertiary alicyclic amines) is 1. The van der Waals surface area contributed by atoms with E-state index in [1.54, 1.807) is 17.9 Å². The van der Waals surface area contributed by atoms with Gasteiger partial charge in [0.2, 0.25) is 5.91 Å². The van der Waals surface area contributed by atoms with Gasteiger partial charge in [-0.3, -0.25) is 9.59 Å². The zero-order chi connectivity index (χ0) is 14.2. The van der Waals surface area contributed by atoms with Crippen LogP contribution in [0.4, 0.5) is 4.39 Å². The minimum atomic E-state index is -0.437. The average Bonchev–Trinajstić information content (AvgIpc) is 2.74. The van der Waals surface area contributed by atoms with Gasteiger partial charge in [-0.2, -0.15) is 0 Å². The van der Waals surface area contributed by atoms with Crippen molar-refractivity contribution in [1.29, 1.82) is 0 Å². The molecule has 5 heteroatoms. The Labute approximate surface area is 111 Å². The SMILES string of the molecule is Cc1ccc(F)cc1C(=O)N1C[C@@H](C)[C@H](C(N)=O)C1. The average molecular weight is 264 g/mol. The molecule has 1 heterocycles. The number of primary amides is 1. The number of amides is 2. The minimum absolute atomic E-state index is 0.0373. The molecule has 1 fully saturated rings. The minimum Gasteiger partial charge on any atom is -0.369 e. The van der Waals surface area contributed by atoms with E-state index in [1.807, 2.05) is 6.92 Å². The van der Waals surface area contributed by atoms with Crippen LogP contribution < -0.4 is 5.73 Å². The van der Waals surface area contributed by atoms with Gasteiger partial charge >= 0.3 is 0 Å². The Kier molecular flexibility index (Phi) is 3.55. The predicted octanol–water partition coefficient (Wildman–Crippen LogP) is 1.33. The van der Waals surface area contributed by atoms with E-state index in [0.29, 0.717) is 18.7 Å². The summed E-state index contributed by atoms with van der Waals surface area (Å²) in [5.74, 6) is -1.35. The Morgan fingerprint density at radius 3 is 2.63 bits per heavy atom. The molecule has 4 nitrogen and oxygen atoms in total. The molecule has 0 spiro atoms. The molecule has 1 aliphatic rings. The molecule has 0 radical (unpaired) electrons. The molecule has 1 aliphatic heterocycles. The van der Waals surface area contributed by atoms with Crippen LogP contribution in [0.3, 0.4) is 0 Å². The van der Waals surface area contributed by atoms with Gasteiger partial charge in [0, 0.05) is 18.7 Å². The van der Waals surface area contributed by atoms with Crippen molar-refractivity contribution in [2.24, 2.45) is 17.6 Å². The van der Waals surface area contributed by atoms with Gasteiger partial charge in [0.25, 0.3) is 5.91 Å². The Morgan fingerprint density at radius 1 is 1.37 bits per heavy atom. The van der Waals surface area contributed by atoms with Gasteiger partial charge in [0.15, 0.2) is 0 Å². The molecule has 0 bridgehead atoms. The molecule has 0 aliphatic carbocycles. The Morgan fingerprint density at radius 2 is 2.05 bits per heavy atom. The number of carbonyl (C=O) groups is 2. The van der Waals surface area contributed by atoms with Crippen LogP contribution >= 0.6 is 0 Å². The summed E-state index contributed by atoms with van der Waals surface area (Å²) in [5, 5.41) is 0. The lowest BCUT2D eigenvalue weighted by Gasteiger charge is -2.17. The van der Waals surface area contributed by atoms with Gasteiger partial charge < -0.3 is 10.6 Å². The number of rotatable bonds is 2. The number of hydrogen-bond acceptors (Lipinski definition) is 2. The summed E-state index contributed by atoms with van der Waals surface area (Å²) < 4.78 is 13.2. The summed E-state index contributed by atoms with van der Waals surface area (Å²) >= 11 is 0. The quantitative estimate of drug-likeness (QED) is 0.875. The molecule has 2 atom stereocenters. The van der Waals surface area contributed by atoms with Gasteiger partial charge in [0.1, 0.15) is 5.82 Å². The second-order valence-corrected chi connectivity index (χ2v) is 5.16. The van der Waals surface area contributed by atoms with E-state index in [1.165, 1.54) is 12.1 Å². The molecule has 1 aromatic carbocycles. The second-order valence-electron chi connectivity index (χ2n) is 5.16. The lowest BCUT2D eigenvalue weighted by Crippen LogP contribution is -2.32. The third kappa shape index (κ3) is 2.59. The molecule has 1 saturated heterocycles. The summed E-state index contributed by atoms with van der Waals surface area (Å²) in [6.45, 7) is 4.44. The van der Waals surface area contributed by atoms with E-state index < -0.39 is 11.7 Å². The molecule has 0 unspecified atom stereocenters. The molecule has 0 aromatic heterocycles. The topological polar surface area (TPSA) is 63.4 Å². The van der Waals surface area contributed by atoms with Crippen LogP contribution in [0, 0.1) is 24.6 Å². The van der Waals surface area contributed by atoms with Gasteiger partial charge in [-0.1, -0.05) is 13.0 Å². The van der Waals surface area contributed by atoms with Crippen molar-refractivity contribution in [3.8, 4) is 0 Å². The fourth-order valence-corrected chi connectivity index (χ4v) is 2.50. The maximum Gasteiger partial charge on any atom is 0.254 e. The standard InChI is InChI=1S/C14H17FN2O2/c1-8-3-4-10(15)5-11(8)14(19)17-6-9(2)12(7-17)13(16)18/h3-5,9,12H,6-7H2,1-2H3,(H2,16,18)/t9-,12-/m1/s1. The van der Waals surface area contributed by atoms with Crippen molar-refractivity contribution in [1.82, 2.24) is 4.90 Å². The summed E-state index contributed by atoms with van der Waals surface area (Å²) in [7, 11) is 0. The first-order valence-electron chi connectivity index (χ1n) is 6.25. The third-order valence-electron chi connectivity index (χ3n) is 3.70. The summed E-state index contributed by atoms with van der Waals surface area (Å²) in [6, 6.07) is 4.14. The van der Waals surface area contributed by atoms with E-state index >= 15 is 0 Å². The van der Waals surface area contributed by atoms with Crippen LogP contribution in [-0.2, 0) is 4.79 Å². The summed E-state index contributed by atoms with van der Waals surface area (Å²) in [6.07, 6.45) is 0. The highest BCUT2D eigenvalue weighted by molar-refractivity contribution is 5.96. The molecule has 102 valence electrons. The lowest BCUT2D eigenvalue weighted by atomic mass is 9.98. The maximum atomic E-state index is 13.2. The number of nitrogens with zero attached hydrogens (tertiary/aromatic N) is 1. The molecule has 2 N–H and O–H groups in total. The summed E-state index contributed by atoms with van der Waals surface area (Å²) in [5.41, 5.74) is 6.37.